The molecule has 0 unspecified atom stereocenters. The minimum absolute atomic E-state index is 0.251. The fourth-order valence-electron chi connectivity index (χ4n) is 5.29. The number of esters is 2. The van der Waals surface area contributed by atoms with Gasteiger partial charge in [0.1, 0.15) is 11.5 Å². The van der Waals surface area contributed by atoms with Crippen LogP contribution in [-0.2, 0) is 15.0 Å². The quantitative estimate of drug-likeness (QED) is 0.101. The van der Waals surface area contributed by atoms with Crippen molar-refractivity contribution in [1.29, 1.82) is 0 Å². The van der Waals surface area contributed by atoms with Gasteiger partial charge in [-0.15, -0.1) is 0 Å². The first-order valence-corrected chi connectivity index (χ1v) is 18.3. The van der Waals surface area contributed by atoms with E-state index in [1.807, 2.05) is 109 Å². The molecule has 6 aromatic carbocycles. The van der Waals surface area contributed by atoms with Gasteiger partial charge in [-0.1, -0.05) is 74.5 Å². The highest BCUT2D eigenvalue weighted by Gasteiger charge is 2.28. The third-order valence-electron chi connectivity index (χ3n) is 8.03. The zero-order valence-corrected chi connectivity index (χ0v) is 32.6. The second kappa shape index (κ2) is 15.0. The van der Waals surface area contributed by atoms with Crippen LogP contribution in [0.1, 0.15) is 25.0 Å². The van der Waals surface area contributed by atoms with Gasteiger partial charge in [0.25, 0.3) is 0 Å². The molecule has 0 radical (unpaired) electrons. The summed E-state index contributed by atoms with van der Waals surface area (Å²) in [6, 6.07) is 34.9. The van der Waals surface area contributed by atoms with Crippen LogP contribution in [0.15, 0.2) is 127 Å². The van der Waals surface area contributed by atoms with Crippen molar-refractivity contribution in [2.75, 3.05) is 13.2 Å². The lowest BCUT2D eigenvalue weighted by Crippen LogP contribution is -2.21. The summed E-state index contributed by atoms with van der Waals surface area (Å²) in [7, 11) is 0. The van der Waals surface area contributed by atoms with Gasteiger partial charge >= 0.3 is 11.9 Å². The summed E-state index contributed by atoms with van der Waals surface area (Å²) in [6.45, 7) is 3.64. The fourth-order valence-corrected chi connectivity index (χ4v) is 7.99. The second-order valence-corrected chi connectivity index (χ2v) is 15.1. The Morgan fingerprint density at radius 3 is 1.22 bits per heavy atom. The van der Waals surface area contributed by atoms with Gasteiger partial charge in [0, 0.05) is 5.41 Å². The Hall–Kier alpha value is -3.70. The third-order valence-corrected chi connectivity index (χ3v) is 10.4. The average Bonchev–Trinajstić information content (AvgIpc) is 3.09. The number of rotatable bonds is 10. The fraction of sp³-hybridized carbons (Fsp3) is 0.128. The Bertz CT molecular complexity index is 2010. The van der Waals surface area contributed by atoms with Crippen molar-refractivity contribution in [3.05, 3.63) is 138 Å². The number of carbonyl (C=O) groups excluding carboxylic acids is 2. The van der Waals surface area contributed by atoms with Crippen LogP contribution in [0.25, 0.3) is 21.5 Å². The molecule has 0 spiro atoms. The molecule has 0 heterocycles. The summed E-state index contributed by atoms with van der Waals surface area (Å²) >= 11 is 14.4. The molecule has 0 aliphatic carbocycles. The number of hydrogen-bond donors (Lipinski definition) is 0. The lowest BCUT2D eigenvalue weighted by atomic mass is 9.78. The topological polar surface area (TPSA) is 71.1 Å². The number of halogens is 4. The Labute approximate surface area is 317 Å². The molecule has 0 saturated carbocycles. The molecule has 0 aromatic heterocycles. The molecule has 6 aromatic rings. The van der Waals surface area contributed by atoms with Gasteiger partial charge in [-0.05, 0) is 145 Å². The first-order chi connectivity index (χ1) is 23.5. The van der Waals surface area contributed by atoms with E-state index >= 15 is 0 Å². The van der Waals surface area contributed by atoms with Crippen molar-refractivity contribution in [2.24, 2.45) is 0 Å². The van der Waals surface area contributed by atoms with Crippen LogP contribution >= 0.6 is 63.7 Å². The third kappa shape index (κ3) is 8.20. The van der Waals surface area contributed by atoms with Gasteiger partial charge in [-0.25, -0.2) is 9.59 Å². The van der Waals surface area contributed by atoms with Gasteiger partial charge in [-0.2, -0.15) is 0 Å². The summed E-state index contributed by atoms with van der Waals surface area (Å²) in [4.78, 5) is 25.5. The Balaban J connectivity index is 1.10. The van der Waals surface area contributed by atoms with Crippen molar-refractivity contribution in [1.82, 2.24) is 0 Å². The predicted molar refractivity (Wildman–Crippen MR) is 206 cm³/mol. The minimum atomic E-state index is -0.540. The molecule has 0 bridgehead atoms. The molecule has 10 heteroatoms. The lowest BCUT2D eigenvalue weighted by molar-refractivity contribution is -0.137. The molecular formula is C39H28Br4O6. The van der Waals surface area contributed by atoms with Crippen molar-refractivity contribution in [2.45, 2.75) is 19.3 Å². The smallest absolute Gasteiger partial charge is 0.349 e. The van der Waals surface area contributed by atoms with Crippen LogP contribution in [0.3, 0.4) is 0 Å². The zero-order valence-electron chi connectivity index (χ0n) is 26.3. The van der Waals surface area contributed by atoms with Gasteiger partial charge < -0.3 is 18.9 Å². The van der Waals surface area contributed by atoms with Crippen molar-refractivity contribution in [3.8, 4) is 23.0 Å². The van der Waals surface area contributed by atoms with Crippen LogP contribution in [0, 0.1) is 0 Å². The summed E-state index contributed by atoms with van der Waals surface area (Å²) < 4.78 is 25.2. The Morgan fingerprint density at radius 2 is 0.857 bits per heavy atom. The number of fused-ring (bicyclic) bond motifs is 2. The molecule has 6 nitrogen and oxygen atoms in total. The highest BCUT2D eigenvalue weighted by molar-refractivity contribution is 9.11. The first-order valence-electron chi connectivity index (χ1n) is 15.1. The maximum atomic E-state index is 12.8. The predicted octanol–water partition coefficient (Wildman–Crippen LogP) is 11.3. The maximum Gasteiger partial charge on any atom is 0.349 e. The van der Waals surface area contributed by atoms with Crippen LogP contribution in [-0.4, -0.2) is 25.2 Å². The van der Waals surface area contributed by atoms with Crippen LogP contribution < -0.4 is 18.9 Å². The Morgan fingerprint density at radius 1 is 0.510 bits per heavy atom. The first kappa shape index (κ1) is 35.1. The lowest BCUT2D eigenvalue weighted by Gasteiger charge is -2.28. The van der Waals surface area contributed by atoms with E-state index in [0.717, 1.165) is 32.7 Å². The van der Waals surface area contributed by atoms with Crippen molar-refractivity contribution < 1.29 is 28.5 Å². The van der Waals surface area contributed by atoms with Crippen LogP contribution in [0.4, 0.5) is 0 Å². The molecule has 0 fully saturated rings. The molecule has 6 rings (SSSR count). The zero-order chi connectivity index (χ0) is 34.7. The number of ether oxygens (including phenoxy) is 4. The van der Waals surface area contributed by atoms with E-state index in [-0.39, 0.29) is 13.2 Å². The Kier molecular flexibility index (Phi) is 10.8. The van der Waals surface area contributed by atoms with Gasteiger partial charge in [-0.3, -0.25) is 0 Å². The summed E-state index contributed by atoms with van der Waals surface area (Å²) in [5, 5.41) is 4.22. The van der Waals surface area contributed by atoms with Crippen LogP contribution in [0.5, 0.6) is 23.0 Å². The van der Waals surface area contributed by atoms with E-state index < -0.39 is 17.4 Å². The average molecular weight is 912 g/mol. The summed E-state index contributed by atoms with van der Waals surface area (Å²) in [5.41, 5.74) is 1.36. The summed E-state index contributed by atoms with van der Waals surface area (Å²) in [5.74, 6) is 0.783. The molecule has 248 valence electrons. The molecule has 49 heavy (non-hydrogen) atoms. The second-order valence-electron chi connectivity index (χ2n) is 11.7. The largest absolute Gasteiger partial charge is 0.482 e. The van der Waals surface area contributed by atoms with E-state index in [1.54, 1.807) is 0 Å². The van der Waals surface area contributed by atoms with E-state index in [4.69, 9.17) is 18.9 Å². The van der Waals surface area contributed by atoms with Gasteiger partial charge in [0.2, 0.25) is 0 Å². The van der Waals surface area contributed by atoms with Crippen LogP contribution in [0.2, 0.25) is 0 Å². The highest BCUT2D eigenvalue weighted by atomic mass is 79.9. The molecule has 0 N–H and O–H groups in total. The van der Waals surface area contributed by atoms with E-state index in [1.165, 1.54) is 0 Å². The van der Waals surface area contributed by atoms with Gasteiger partial charge in [0.05, 0.1) is 17.9 Å². The van der Waals surface area contributed by atoms with Crippen molar-refractivity contribution in [3.63, 3.8) is 0 Å². The summed E-state index contributed by atoms with van der Waals surface area (Å²) in [6.07, 6.45) is 0. The molecule has 0 atom stereocenters. The highest BCUT2D eigenvalue weighted by Crippen LogP contribution is 2.44. The molecule has 0 amide bonds. The monoisotopic (exact) mass is 908 g/mol. The normalized spacial score (nSPS) is 11.4. The van der Waals surface area contributed by atoms with E-state index in [9.17, 15) is 9.59 Å². The minimum Gasteiger partial charge on any atom is -0.482 e. The SMILES string of the molecule is CC(C)(c1cc(Br)c(OC(=O)COc2ccc3ccccc3c2)c(Br)c1)c1cc(Br)c(OC(=O)COc2ccc3ccccc3c2)c(Br)c1. The standard InChI is InChI=1S/C39H28Br4O6/c1-39(2,27-17-31(40)37(32(41)18-27)48-35(44)21-46-29-13-11-23-7-3-5-9-25(23)15-29)28-19-33(42)38(34(43)20-28)49-36(45)22-47-30-14-12-24-8-4-6-10-26(24)16-30/h3-20H,21-22H2,1-2H3. The maximum absolute atomic E-state index is 12.8. The molecule has 0 aliphatic rings. The van der Waals surface area contributed by atoms with E-state index in [0.29, 0.717) is 40.9 Å². The van der Waals surface area contributed by atoms with Crippen molar-refractivity contribution >= 4 is 97.2 Å². The van der Waals surface area contributed by atoms with Gasteiger partial charge in [0.15, 0.2) is 24.7 Å². The molecule has 0 aliphatic heterocycles. The number of hydrogen-bond acceptors (Lipinski definition) is 6. The number of carbonyl (C=O) groups is 2. The molecule has 0 saturated heterocycles. The number of benzene rings is 6. The van der Waals surface area contributed by atoms with E-state index in [2.05, 4.69) is 77.6 Å². The molecular weight excluding hydrogens is 884 g/mol.